The first kappa shape index (κ1) is 19.8. The molecule has 0 aliphatic rings. The number of anilines is 1. The SMILES string of the molecule is Cc1nc(S/C(=C/c2cc(C)n(-c3ccc(N(C)C)cc3)c2C)C(=O)[O-])n[nH]1. The number of nitrogens with one attached hydrogen (secondary N) is 1. The zero-order chi connectivity index (χ0) is 20.4. The molecule has 146 valence electrons. The standard InChI is InChI=1S/C20H23N5O2S/c1-12-10-15(11-18(19(26)27)28-20-21-14(3)22-23-20)13(2)25(12)17-8-6-16(7-9-17)24(4)5/h6-11H,1-5H3,(H,26,27)(H,21,22,23)/p-1/b18-11+. The van der Waals surface area contributed by atoms with Crippen LogP contribution in [0.4, 0.5) is 5.69 Å². The highest BCUT2D eigenvalue weighted by molar-refractivity contribution is 8.04. The molecule has 28 heavy (non-hydrogen) atoms. The number of aromatic amines is 1. The molecule has 0 bridgehead atoms. The minimum absolute atomic E-state index is 0.0576. The van der Waals surface area contributed by atoms with Crippen LogP contribution in [0.25, 0.3) is 11.8 Å². The fourth-order valence-electron chi connectivity index (χ4n) is 2.97. The van der Waals surface area contributed by atoms with E-state index in [1.807, 2.05) is 51.0 Å². The van der Waals surface area contributed by atoms with Crippen molar-refractivity contribution < 1.29 is 9.90 Å². The van der Waals surface area contributed by atoms with Crippen LogP contribution in [0.2, 0.25) is 0 Å². The maximum Gasteiger partial charge on any atom is 0.213 e. The van der Waals surface area contributed by atoms with Gasteiger partial charge >= 0.3 is 0 Å². The zero-order valence-electron chi connectivity index (χ0n) is 16.5. The van der Waals surface area contributed by atoms with E-state index in [9.17, 15) is 9.90 Å². The molecule has 0 atom stereocenters. The van der Waals surface area contributed by atoms with E-state index in [2.05, 4.69) is 31.9 Å². The predicted octanol–water partition coefficient (Wildman–Crippen LogP) is 2.47. The van der Waals surface area contributed by atoms with Crippen molar-refractivity contribution in [3.05, 3.63) is 58.0 Å². The average molecular weight is 396 g/mol. The van der Waals surface area contributed by atoms with Crippen molar-refractivity contribution in [1.82, 2.24) is 19.7 Å². The van der Waals surface area contributed by atoms with Gasteiger partial charge in [0, 0.05) is 41.8 Å². The Bertz CT molecular complexity index is 1030. The minimum Gasteiger partial charge on any atom is -0.544 e. The first-order chi connectivity index (χ1) is 13.3. The minimum atomic E-state index is -1.26. The van der Waals surface area contributed by atoms with Crippen LogP contribution in [-0.2, 0) is 4.79 Å². The number of carboxylic acids is 1. The van der Waals surface area contributed by atoms with Crippen molar-refractivity contribution in [3.63, 3.8) is 0 Å². The van der Waals surface area contributed by atoms with E-state index in [1.54, 1.807) is 13.0 Å². The number of aryl methyl sites for hydroxylation is 2. The molecule has 0 spiro atoms. The van der Waals surface area contributed by atoms with Gasteiger partial charge in [0.25, 0.3) is 0 Å². The summed E-state index contributed by atoms with van der Waals surface area (Å²) in [6, 6.07) is 10.2. The smallest absolute Gasteiger partial charge is 0.213 e. The number of nitrogens with zero attached hydrogens (tertiary/aromatic N) is 4. The topological polar surface area (TPSA) is 89.9 Å². The second-order valence-electron chi connectivity index (χ2n) is 6.67. The van der Waals surface area contributed by atoms with E-state index in [0.29, 0.717) is 11.0 Å². The Labute approximate surface area is 168 Å². The van der Waals surface area contributed by atoms with E-state index >= 15 is 0 Å². The van der Waals surface area contributed by atoms with Gasteiger partial charge in [-0.2, -0.15) is 0 Å². The number of hydrogen-bond acceptors (Lipinski definition) is 6. The number of rotatable bonds is 6. The quantitative estimate of drug-likeness (QED) is 0.509. The van der Waals surface area contributed by atoms with Gasteiger partial charge in [-0.1, -0.05) is 0 Å². The Morgan fingerprint density at radius 2 is 1.89 bits per heavy atom. The van der Waals surface area contributed by atoms with Crippen LogP contribution in [0.15, 0.2) is 40.4 Å². The van der Waals surface area contributed by atoms with Crippen LogP contribution < -0.4 is 10.0 Å². The van der Waals surface area contributed by atoms with E-state index < -0.39 is 5.97 Å². The van der Waals surface area contributed by atoms with Crippen molar-refractivity contribution in [2.75, 3.05) is 19.0 Å². The molecule has 8 heteroatoms. The molecular weight excluding hydrogens is 374 g/mol. The number of carboxylic acid groups (broad SMARTS) is 1. The van der Waals surface area contributed by atoms with Gasteiger partial charge in [0.15, 0.2) is 0 Å². The van der Waals surface area contributed by atoms with Crippen LogP contribution in [-0.4, -0.2) is 39.8 Å². The summed E-state index contributed by atoms with van der Waals surface area (Å²) in [6.45, 7) is 5.72. The first-order valence-corrected chi connectivity index (χ1v) is 9.54. The molecule has 7 nitrogen and oxygen atoms in total. The first-order valence-electron chi connectivity index (χ1n) is 8.73. The maximum absolute atomic E-state index is 11.6. The number of thioether (sulfide) groups is 1. The predicted molar refractivity (Wildman–Crippen MR) is 110 cm³/mol. The molecule has 0 radical (unpaired) electrons. The van der Waals surface area contributed by atoms with Crippen molar-refractivity contribution in [2.24, 2.45) is 0 Å². The molecule has 0 saturated heterocycles. The lowest BCUT2D eigenvalue weighted by Gasteiger charge is -2.15. The van der Waals surface area contributed by atoms with Gasteiger partial charge in [0.05, 0.1) is 5.97 Å². The van der Waals surface area contributed by atoms with Crippen LogP contribution in [0.5, 0.6) is 0 Å². The molecule has 2 aromatic heterocycles. The molecule has 0 aliphatic heterocycles. The molecule has 0 fully saturated rings. The zero-order valence-corrected chi connectivity index (χ0v) is 17.3. The summed E-state index contributed by atoms with van der Waals surface area (Å²) in [6.07, 6.45) is 1.61. The fourth-order valence-corrected chi connectivity index (χ4v) is 3.71. The molecular formula is C20H22N5O2S-. The highest BCUT2D eigenvalue weighted by atomic mass is 32.2. The average Bonchev–Trinajstić information content (AvgIpc) is 3.17. The molecule has 3 aromatic rings. The monoisotopic (exact) mass is 396 g/mol. The lowest BCUT2D eigenvalue weighted by molar-refractivity contribution is -0.297. The van der Waals surface area contributed by atoms with Crippen LogP contribution in [0, 0.1) is 20.8 Å². The van der Waals surface area contributed by atoms with Gasteiger partial charge in [-0.05, 0) is 74.5 Å². The summed E-state index contributed by atoms with van der Waals surface area (Å²) in [4.78, 5) is 17.9. The Hall–Kier alpha value is -3.00. The third kappa shape index (κ3) is 4.12. The third-order valence-electron chi connectivity index (χ3n) is 4.36. The third-order valence-corrected chi connectivity index (χ3v) is 5.23. The summed E-state index contributed by atoms with van der Waals surface area (Å²) in [5.74, 6) is -0.632. The Morgan fingerprint density at radius 1 is 1.21 bits per heavy atom. The molecule has 2 heterocycles. The van der Waals surface area contributed by atoms with Gasteiger partial charge in [-0.15, -0.1) is 5.10 Å². The molecule has 0 aliphatic carbocycles. The largest absolute Gasteiger partial charge is 0.544 e. The normalized spacial score (nSPS) is 11.7. The van der Waals surface area contributed by atoms with Crippen molar-refractivity contribution >= 4 is 29.5 Å². The van der Waals surface area contributed by atoms with Gasteiger partial charge < -0.3 is 19.4 Å². The molecule has 3 rings (SSSR count). The number of aliphatic carboxylic acids is 1. The number of hydrogen-bond donors (Lipinski definition) is 1. The summed E-state index contributed by atoms with van der Waals surface area (Å²) in [5.41, 5.74) is 4.91. The lowest BCUT2D eigenvalue weighted by Crippen LogP contribution is -2.23. The second-order valence-corrected chi connectivity index (χ2v) is 7.68. The Kier molecular flexibility index (Phi) is 5.60. The van der Waals surface area contributed by atoms with Crippen molar-refractivity contribution in [3.8, 4) is 5.69 Å². The van der Waals surface area contributed by atoms with Gasteiger partial charge in [-0.3, -0.25) is 5.10 Å². The Morgan fingerprint density at radius 3 is 2.43 bits per heavy atom. The van der Waals surface area contributed by atoms with Crippen molar-refractivity contribution in [2.45, 2.75) is 25.9 Å². The van der Waals surface area contributed by atoms with Gasteiger partial charge in [0.2, 0.25) is 5.16 Å². The van der Waals surface area contributed by atoms with E-state index in [1.165, 1.54) is 0 Å². The van der Waals surface area contributed by atoms with E-state index in [-0.39, 0.29) is 4.91 Å². The molecule has 1 N–H and O–H groups in total. The summed E-state index contributed by atoms with van der Waals surface area (Å²) in [7, 11) is 4.00. The lowest BCUT2D eigenvalue weighted by atomic mass is 10.2. The highest BCUT2D eigenvalue weighted by Gasteiger charge is 2.13. The highest BCUT2D eigenvalue weighted by Crippen LogP contribution is 2.29. The number of carbonyl (C=O) groups excluding carboxylic acids is 1. The van der Waals surface area contributed by atoms with Crippen LogP contribution in [0.3, 0.4) is 0 Å². The number of aromatic nitrogens is 4. The summed E-state index contributed by atoms with van der Waals surface area (Å²) in [5, 5.41) is 18.6. The maximum atomic E-state index is 11.6. The Balaban J connectivity index is 1.97. The van der Waals surface area contributed by atoms with Crippen LogP contribution >= 0.6 is 11.8 Å². The van der Waals surface area contributed by atoms with Crippen molar-refractivity contribution in [1.29, 1.82) is 0 Å². The second kappa shape index (κ2) is 7.93. The van der Waals surface area contributed by atoms with E-state index in [0.717, 1.165) is 40.1 Å². The molecule has 0 unspecified atom stereocenters. The fraction of sp³-hybridized carbons (Fsp3) is 0.250. The molecule has 1 aromatic carbocycles. The van der Waals surface area contributed by atoms with Crippen LogP contribution in [0.1, 0.15) is 22.8 Å². The number of carbonyl (C=O) groups is 1. The number of H-pyrrole nitrogens is 1. The summed E-state index contributed by atoms with van der Waals surface area (Å²) < 4.78 is 2.10. The molecule has 0 amide bonds. The van der Waals surface area contributed by atoms with Gasteiger partial charge in [-0.25, -0.2) is 4.98 Å². The molecule has 0 saturated carbocycles. The summed E-state index contributed by atoms with van der Waals surface area (Å²) >= 11 is 0.968. The van der Waals surface area contributed by atoms with Gasteiger partial charge in [0.1, 0.15) is 5.82 Å². The van der Waals surface area contributed by atoms with E-state index in [4.69, 9.17) is 0 Å². The number of benzene rings is 1.